The SMILES string of the molecule is C=NC1=C(/C=C(\C)c2cnn(C3CC3)c2)CN(c2nnc(C#N)c(C)c2C)CC1. The number of aliphatic imine (C=N–C) groups is 1. The van der Waals surface area contributed by atoms with Gasteiger partial charge in [0.15, 0.2) is 11.5 Å². The van der Waals surface area contributed by atoms with Crippen molar-refractivity contribution >= 4 is 18.1 Å². The minimum atomic E-state index is 0.385. The topological polar surface area (TPSA) is 83.0 Å². The lowest BCUT2D eigenvalue weighted by atomic mass is 10.0. The molecule has 2 aliphatic rings. The Bertz CT molecular complexity index is 1060. The molecule has 0 amide bonds. The predicted octanol–water partition coefficient (Wildman–Crippen LogP) is 3.76. The molecule has 0 spiro atoms. The van der Waals surface area contributed by atoms with Crippen LogP contribution in [0.3, 0.4) is 0 Å². The van der Waals surface area contributed by atoms with Crippen LogP contribution in [0.2, 0.25) is 0 Å². The van der Waals surface area contributed by atoms with Crippen LogP contribution in [0.15, 0.2) is 34.7 Å². The lowest BCUT2D eigenvalue weighted by Gasteiger charge is -2.30. The third-order valence-corrected chi connectivity index (χ3v) is 5.81. The highest BCUT2D eigenvalue weighted by Gasteiger charge is 2.25. The highest BCUT2D eigenvalue weighted by atomic mass is 15.3. The molecule has 7 nitrogen and oxygen atoms in total. The van der Waals surface area contributed by atoms with Gasteiger partial charge in [-0.2, -0.15) is 10.4 Å². The Balaban J connectivity index is 1.62. The number of allylic oxidation sites excluding steroid dienone is 1. The van der Waals surface area contributed by atoms with Gasteiger partial charge in [-0.25, -0.2) is 0 Å². The molecule has 1 aliphatic heterocycles. The number of rotatable bonds is 5. The molecule has 0 atom stereocenters. The van der Waals surface area contributed by atoms with E-state index in [-0.39, 0.29) is 0 Å². The van der Waals surface area contributed by atoms with Gasteiger partial charge in [0.25, 0.3) is 0 Å². The molecule has 2 aromatic heterocycles. The number of hydrogen-bond donors (Lipinski definition) is 0. The third-order valence-electron chi connectivity index (χ3n) is 5.81. The van der Waals surface area contributed by atoms with Gasteiger partial charge in [0, 0.05) is 37.0 Å². The summed E-state index contributed by atoms with van der Waals surface area (Å²) in [6.07, 6.45) is 9.49. The van der Waals surface area contributed by atoms with Crippen molar-refractivity contribution in [2.24, 2.45) is 4.99 Å². The van der Waals surface area contributed by atoms with Crippen LogP contribution < -0.4 is 4.90 Å². The zero-order valence-electron chi connectivity index (χ0n) is 17.2. The molecule has 0 radical (unpaired) electrons. The second-order valence-electron chi connectivity index (χ2n) is 7.80. The summed E-state index contributed by atoms with van der Waals surface area (Å²) in [6, 6.07) is 2.68. The molecule has 29 heavy (non-hydrogen) atoms. The normalized spacial score (nSPS) is 17.4. The number of nitriles is 1. The smallest absolute Gasteiger partial charge is 0.166 e. The average Bonchev–Trinajstić information content (AvgIpc) is 3.46. The van der Waals surface area contributed by atoms with Crippen LogP contribution in [0.4, 0.5) is 5.82 Å². The van der Waals surface area contributed by atoms with Crippen LogP contribution in [-0.2, 0) is 0 Å². The molecule has 0 saturated heterocycles. The van der Waals surface area contributed by atoms with Gasteiger partial charge in [0.05, 0.1) is 12.2 Å². The lowest BCUT2D eigenvalue weighted by molar-refractivity contribution is 0.641. The fraction of sp³-hybridized carbons (Fsp3) is 0.409. The summed E-state index contributed by atoms with van der Waals surface area (Å²) in [5.74, 6) is 0.828. The van der Waals surface area contributed by atoms with Crippen molar-refractivity contribution in [3.8, 4) is 6.07 Å². The fourth-order valence-corrected chi connectivity index (χ4v) is 3.69. The van der Waals surface area contributed by atoms with Crippen LogP contribution in [0.25, 0.3) is 5.57 Å². The Hall–Kier alpha value is -3.27. The summed E-state index contributed by atoms with van der Waals surface area (Å²) in [7, 11) is 0. The summed E-state index contributed by atoms with van der Waals surface area (Å²) < 4.78 is 2.07. The van der Waals surface area contributed by atoms with Crippen LogP contribution in [0.5, 0.6) is 0 Å². The third kappa shape index (κ3) is 3.70. The molecule has 1 aliphatic carbocycles. The second-order valence-corrected chi connectivity index (χ2v) is 7.80. The maximum absolute atomic E-state index is 9.19. The van der Waals surface area contributed by atoms with Gasteiger partial charge in [-0.05, 0) is 62.6 Å². The maximum Gasteiger partial charge on any atom is 0.166 e. The summed E-state index contributed by atoms with van der Waals surface area (Å²) >= 11 is 0. The Morgan fingerprint density at radius 3 is 2.79 bits per heavy atom. The number of nitrogens with zero attached hydrogens (tertiary/aromatic N) is 7. The van der Waals surface area contributed by atoms with Crippen molar-refractivity contribution in [1.29, 1.82) is 5.26 Å². The minimum Gasteiger partial charge on any atom is -0.350 e. The first kappa shape index (κ1) is 19.1. The molecule has 7 heteroatoms. The van der Waals surface area contributed by atoms with Crippen molar-refractivity contribution < 1.29 is 0 Å². The number of anilines is 1. The maximum atomic E-state index is 9.19. The Kier molecular flexibility index (Phi) is 5.01. The standard InChI is InChI=1S/C22H25N7/c1-14(18-11-25-29(13-18)19-5-6-19)9-17-12-28(8-7-20(17)24-4)22-16(3)15(2)21(10-23)26-27-22/h9,11,13,19H,4-8,12H2,1-3H3/b14-9+. The van der Waals surface area contributed by atoms with Crippen LogP contribution >= 0.6 is 0 Å². The fourth-order valence-electron chi connectivity index (χ4n) is 3.69. The van der Waals surface area contributed by atoms with Crippen molar-refractivity contribution in [2.75, 3.05) is 18.0 Å². The lowest BCUT2D eigenvalue weighted by Crippen LogP contribution is -2.33. The van der Waals surface area contributed by atoms with E-state index in [2.05, 4.69) is 61.9 Å². The average molecular weight is 387 g/mol. The molecule has 4 rings (SSSR count). The quantitative estimate of drug-likeness (QED) is 0.730. The van der Waals surface area contributed by atoms with Crippen LogP contribution in [0.1, 0.15) is 54.6 Å². The Labute approximate surface area is 171 Å². The van der Waals surface area contributed by atoms with Crippen LogP contribution in [-0.4, -0.2) is 39.8 Å². The highest BCUT2D eigenvalue weighted by Crippen LogP contribution is 2.35. The zero-order valence-corrected chi connectivity index (χ0v) is 17.2. The van der Waals surface area contributed by atoms with Gasteiger partial charge in [-0.1, -0.05) is 6.08 Å². The molecule has 148 valence electrons. The molecule has 0 aromatic carbocycles. The van der Waals surface area contributed by atoms with Crippen molar-refractivity contribution in [3.63, 3.8) is 0 Å². The molecule has 0 N–H and O–H groups in total. The molecule has 3 heterocycles. The number of hydrogen-bond acceptors (Lipinski definition) is 6. The summed E-state index contributed by atoms with van der Waals surface area (Å²) in [4.78, 5) is 6.48. The first-order valence-electron chi connectivity index (χ1n) is 9.92. The molecule has 1 fully saturated rings. The predicted molar refractivity (Wildman–Crippen MR) is 114 cm³/mol. The second kappa shape index (κ2) is 7.63. The van der Waals surface area contributed by atoms with E-state index in [1.54, 1.807) is 0 Å². The van der Waals surface area contributed by atoms with Gasteiger partial charge >= 0.3 is 0 Å². The van der Waals surface area contributed by atoms with E-state index in [0.717, 1.165) is 52.3 Å². The molecule has 1 saturated carbocycles. The van der Waals surface area contributed by atoms with E-state index in [1.807, 2.05) is 20.0 Å². The molecule has 2 aromatic rings. The largest absolute Gasteiger partial charge is 0.350 e. The molecular formula is C22H25N7. The number of aromatic nitrogens is 4. The van der Waals surface area contributed by atoms with Gasteiger partial charge in [0.2, 0.25) is 0 Å². The first-order valence-corrected chi connectivity index (χ1v) is 9.92. The molecule has 0 unspecified atom stereocenters. The van der Waals surface area contributed by atoms with E-state index in [0.29, 0.717) is 18.3 Å². The highest BCUT2D eigenvalue weighted by molar-refractivity contribution is 5.67. The van der Waals surface area contributed by atoms with E-state index >= 15 is 0 Å². The summed E-state index contributed by atoms with van der Waals surface area (Å²) in [5, 5.41) is 22.1. The Morgan fingerprint density at radius 1 is 1.31 bits per heavy atom. The van der Waals surface area contributed by atoms with E-state index in [1.165, 1.54) is 12.8 Å². The summed E-state index contributed by atoms with van der Waals surface area (Å²) in [5.41, 5.74) is 6.71. The molecular weight excluding hydrogens is 362 g/mol. The van der Waals surface area contributed by atoms with E-state index in [4.69, 9.17) is 0 Å². The Morgan fingerprint density at radius 2 is 2.10 bits per heavy atom. The van der Waals surface area contributed by atoms with Gasteiger partial charge in [-0.3, -0.25) is 9.67 Å². The van der Waals surface area contributed by atoms with Gasteiger partial charge in [-0.15, -0.1) is 10.2 Å². The van der Waals surface area contributed by atoms with Gasteiger partial charge < -0.3 is 4.90 Å². The monoisotopic (exact) mass is 387 g/mol. The van der Waals surface area contributed by atoms with E-state index in [9.17, 15) is 5.26 Å². The van der Waals surface area contributed by atoms with Crippen molar-refractivity contribution in [3.05, 3.63) is 52.1 Å². The van der Waals surface area contributed by atoms with Crippen molar-refractivity contribution in [1.82, 2.24) is 20.0 Å². The summed E-state index contributed by atoms with van der Waals surface area (Å²) in [6.45, 7) is 11.3. The van der Waals surface area contributed by atoms with E-state index < -0.39 is 0 Å². The zero-order chi connectivity index (χ0) is 20.5. The van der Waals surface area contributed by atoms with Gasteiger partial charge in [0.1, 0.15) is 6.07 Å². The minimum absolute atomic E-state index is 0.385. The van der Waals surface area contributed by atoms with Crippen LogP contribution in [0, 0.1) is 25.2 Å². The molecule has 0 bridgehead atoms. The van der Waals surface area contributed by atoms with Crippen molar-refractivity contribution in [2.45, 2.75) is 46.1 Å². The first-order chi connectivity index (χ1) is 14.0.